The van der Waals surface area contributed by atoms with Crippen molar-refractivity contribution >= 4 is 34.5 Å². The smallest absolute Gasteiger partial charge is 0.261 e. The van der Waals surface area contributed by atoms with Crippen LogP contribution in [0.15, 0.2) is 89.4 Å². The maximum atomic E-state index is 13.1. The fourth-order valence-corrected chi connectivity index (χ4v) is 3.07. The van der Waals surface area contributed by atoms with Crippen LogP contribution in [0.2, 0.25) is 0 Å². The van der Waals surface area contributed by atoms with Crippen molar-refractivity contribution in [1.82, 2.24) is 0 Å². The van der Waals surface area contributed by atoms with E-state index >= 15 is 0 Å². The number of fused-ring (bicyclic) bond motifs is 1. The summed E-state index contributed by atoms with van der Waals surface area (Å²) in [6.45, 7) is 0. The second kappa shape index (κ2) is 7.44. The van der Waals surface area contributed by atoms with Gasteiger partial charge in [-0.1, -0.05) is 42.5 Å². The zero-order valence-corrected chi connectivity index (χ0v) is 15.2. The summed E-state index contributed by atoms with van der Waals surface area (Å²) in [5.74, 6) is -1.38. The molecule has 29 heavy (non-hydrogen) atoms. The van der Waals surface area contributed by atoms with Gasteiger partial charge in [0.25, 0.3) is 5.91 Å². The Balaban J connectivity index is 1.85. The monoisotopic (exact) mass is 384 g/mol. The lowest BCUT2D eigenvalue weighted by Crippen LogP contribution is -2.31. The van der Waals surface area contributed by atoms with E-state index in [4.69, 9.17) is 0 Å². The fraction of sp³-hybridized carbons (Fsp3) is 0. The molecule has 3 N–H and O–H groups in total. The largest absolute Gasteiger partial charge is 0.508 e. The highest BCUT2D eigenvalue weighted by molar-refractivity contribution is 6.60. The number of nitrogens with zero attached hydrogens (tertiary/aromatic N) is 1. The Hall–Kier alpha value is -4.19. The lowest BCUT2D eigenvalue weighted by Gasteiger charge is -2.20. The van der Waals surface area contributed by atoms with E-state index in [1.54, 1.807) is 48.5 Å². The van der Waals surface area contributed by atoms with E-state index in [2.05, 4.69) is 10.3 Å². The van der Waals surface area contributed by atoms with E-state index < -0.39 is 11.7 Å². The van der Waals surface area contributed by atoms with Crippen LogP contribution in [0.25, 0.3) is 5.76 Å². The molecule has 0 unspecified atom stereocenters. The van der Waals surface area contributed by atoms with Gasteiger partial charge in [0.2, 0.25) is 5.78 Å². The first-order chi connectivity index (χ1) is 14.0. The zero-order chi connectivity index (χ0) is 20.4. The molecule has 6 heteroatoms. The summed E-state index contributed by atoms with van der Waals surface area (Å²) >= 11 is 0. The highest BCUT2D eigenvalue weighted by Crippen LogP contribution is 2.31. The number of phenolic OH excluding ortho intramolecular Hbond substituents is 1. The molecule has 0 aromatic heterocycles. The number of benzene rings is 3. The highest BCUT2D eigenvalue weighted by atomic mass is 16.3. The highest BCUT2D eigenvalue weighted by Gasteiger charge is 2.35. The minimum Gasteiger partial charge on any atom is -0.508 e. The molecule has 0 fully saturated rings. The van der Waals surface area contributed by atoms with Crippen molar-refractivity contribution in [2.24, 2.45) is 4.99 Å². The second-order valence-electron chi connectivity index (χ2n) is 6.40. The molecular formula is C23H16N2O4. The number of Topliss-reactive ketones (excluding diaryl/α,β-unsaturated/α-hetero) is 1. The molecule has 1 aliphatic rings. The van der Waals surface area contributed by atoms with Gasteiger partial charge in [0, 0.05) is 16.8 Å². The predicted molar refractivity (Wildman–Crippen MR) is 111 cm³/mol. The Labute approximate surface area is 166 Å². The van der Waals surface area contributed by atoms with Gasteiger partial charge in [0.15, 0.2) is 0 Å². The Bertz CT molecular complexity index is 1160. The van der Waals surface area contributed by atoms with Crippen molar-refractivity contribution < 1.29 is 19.8 Å². The Morgan fingerprint density at radius 1 is 0.793 bits per heavy atom. The van der Waals surface area contributed by atoms with E-state index in [9.17, 15) is 19.8 Å². The molecule has 1 aliphatic carbocycles. The molecule has 1 amide bonds. The number of aliphatic hydroxyl groups excluding tert-OH is 1. The number of rotatable bonds is 3. The van der Waals surface area contributed by atoms with Gasteiger partial charge >= 0.3 is 0 Å². The molecule has 0 saturated heterocycles. The number of amides is 1. The summed E-state index contributed by atoms with van der Waals surface area (Å²) < 4.78 is 0. The summed E-state index contributed by atoms with van der Waals surface area (Å²) in [5, 5.41) is 23.0. The van der Waals surface area contributed by atoms with Gasteiger partial charge in [0.1, 0.15) is 22.8 Å². The molecule has 0 saturated carbocycles. The summed E-state index contributed by atoms with van der Waals surface area (Å²) in [4.78, 5) is 30.4. The number of hydrogen-bond acceptors (Lipinski definition) is 5. The topological polar surface area (TPSA) is 99.0 Å². The van der Waals surface area contributed by atoms with Gasteiger partial charge in [-0.2, -0.15) is 0 Å². The van der Waals surface area contributed by atoms with Crippen molar-refractivity contribution in [2.45, 2.75) is 0 Å². The molecule has 0 heterocycles. The normalized spacial score (nSPS) is 14.6. The quantitative estimate of drug-likeness (QED) is 0.628. The molecule has 0 aliphatic heterocycles. The maximum Gasteiger partial charge on any atom is 0.261 e. The second-order valence-corrected chi connectivity index (χ2v) is 6.40. The molecule has 0 spiro atoms. The summed E-state index contributed by atoms with van der Waals surface area (Å²) in [6, 6.07) is 21.1. The molecule has 3 aromatic rings. The van der Waals surface area contributed by atoms with Crippen molar-refractivity contribution in [3.63, 3.8) is 0 Å². The number of aliphatic hydroxyl groups is 1. The van der Waals surface area contributed by atoms with Crippen LogP contribution in [-0.2, 0) is 4.79 Å². The van der Waals surface area contributed by atoms with Crippen LogP contribution in [-0.4, -0.2) is 27.6 Å². The van der Waals surface area contributed by atoms with Crippen molar-refractivity contribution in [3.05, 3.63) is 95.6 Å². The fourth-order valence-electron chi connectivity index (χ4n) is 3.07. The van der Waals surface area contributed by atoms with E-state index in [1.165, 1.54) is 24.3 Å². The number of nitrogens with one attached hydrogen (secondary N) is 1. The van der Waals surface area contributed by atoms with Gasteiger partial charge in [-0.15, -0.1) is 0 Å². The van der Waals surface area contributed by atoms with E-state index in [1.807, 2.05) is 6.07 Å². The van der Waals surface area contributed by atoms with E-state index in [0.717, 1.165) is 0 Å². The average molecular weight is 384 g/mol. The van der Waals surface area contributed by atoms with Crippen molar-refractivity contribution in [2.75, 3.05) is 5.32 Å². The maximum absolute atomic E-state index is 13.1. The van der Waals surface area contributed by atoms with Crippen LogP contribution in [0, 0.1) is 0 Å². The lowest BCUT2D eigenvalue weighted by molar-refractivity contribution is -0.112. The average Bonchev–Trinajstić information content (AvgIpc) is 2.74. The minimum absolute atomic E-state index is 0.0506. The molecule has 6 nitrogen and oxygen atoms in total. The first kappa shape index (κ1) is 18.2. The third-order valence-corrected chi connectivity index (χ3v) is 4.46. The van der Waals surface area contributed by atoms with Gasteiger partial charge in [-0.05, 0) is 36.4 Å². The number of hydrogen-bond donors (Lipinski definition) is 3. The van der Waals surface area contributed by atoms with Gasteiger partial charge in [0.05, 0.1) is 5.69 Å². The number of aliphatic imine (C=N–C) groups is 1. The zero-order valence-electron chi connectivity index (χ0n) is 15.2. The van der Waals surface area contributed by atoms with E-state index in [-0.39, 0.29) is 33.9 Å². The van der Waals surface area contributed by atoms with Crippen LogP contribution >= 0.6 is 0 Å². The summed E-state index contributed by atoms with van der Waals surface area (Å²) in [7, 11) is 0. The van der Waals surface area contributed by atoms with Crippen molar-refractivity contribution in [1.29, 1.82) is 0 Å². The van der Waals surface area contributed by atoms with Crippen LogP contribution in [0.3, 0.4) is 0 Å². The molecular weight excluding hydrogens is 368 g/mol. The number of ketones is 1. The van der Waals surface area contributed by atoms with Crippen LogP contribution in [0.4, 0.5) is 11.4 Å². The summed E-state index contributed by atoms with van der Waals surface area (Å²) in [6.07, 6.45) is 0. The third kappa shape index (κ3) is 3.51. The Morgan fingerprint density at radius 3 is 2.10 bits per heavy atom. The number of carbonyl (C=O) groups excluding carboxylic acids is 2. The number of para-hydroxylation sites is 1. The predicted octanol–water partition coefficient (Wildman–Crippen LogP) is 4.27. The number of anilines is 1. The Morgan fingerprint density at radius 2 is 1.41 bits per heavy atom. The standard InChI is InChI=1S/C23H16N2O4/c26-16-12-10-15(11-13-16)24-20-19(23(29)25-14-6-2-1-3-7-14)21(27)17-8-4-5-9-18(17)22(20)28/h1-13,26-27H,(H,25,29). The molecule has 142 valence electrons. The van der Waals surface area contributed by atoms with Crippen LogP contribution < -0.4 is 5.32 Å². The molecule has 3 aromatic carbocycles. The molecule has 0 bridgehead atoms. The first-order valence-electron chi connectivity index (χ1n) is 8.86. The van der Waals surface area contributed by atoms with Gasteiger partial charge < -0.3 is 15.5 Å². The number of aromatic hydroxyl groups is 1. The SMILES string of the molecule is O=C(Nc1ccccc1)C1=C(O)c2ccccc2C(=O)C1=Nc1ccc(O)cc1. The first-order valence-corrected chi connectivity index (χ1v) is 8.86. The molecule has 0 radical (unpaired) electrons. The van der Waals surface area contributed by atoms with Crippen LogP contribution in [0.5, 0.6) is 5.75 Å². The van der Waals surface area contributed by atoms with Gasteiger partial charge in [-0.3, -0.25) is 9.59 Å². The minimum atomic E-state index is -0.644. The number of carbonyl (C=O) groups is 2. The van der Waals surface area contributed by atoms with Crippen LogP contribution in [0.1, 0.15) is 15.9 Å². The van der Waals surface area contributed by atoms with Crippen molar-refractivity contribution in [3.8, 4) is 5.75 Å². The summed E-state index contributed by atoms with van der Waals surface area (Å²) in [5.41, 5.74) is 1.06. The Kier molecular flexibility index (Phi) is 4.66. The third-order valence-electron chi connectivity index (χ3n) is 4.46. The van der Waals surface area contributed by atoms with Gasteiger partial charge in [-0.25, -0.2) is 4.99 Å². The lowest BCUT2D eigenvalue weighted by atomic mass is 9.87. The number of phenols is 1. The molecule has 0 atom stereocenters. The molecule has 4 rings (SSSR count). The van der Waals surface area contributed by atoms with E-state index in [0.29, 0.717) is 11.4 Å².